The predicted molar refractivity (Wildman–Crippen MR) is 75.4 cm³/mol. The molecule has 0 spiro atoms. The first-order valence-electron chi connectivity index (χ1n) is 6.73. The van der Waals surface area contributed by atoms with Gasteiger partial charge >= 0.3 is 0 Å². The first-order chi connectivity index (χ1) is 9.16. The Labute approximate surface area is 113 Å². The Hall–Kier alpha value is -1.67. The van der Waals surface area contributed by atoms with Crippen LogP contribution < -0.4 is 5.73 Å². The molecule has 0 radical (unpaired) electrons. The quantitative estimate of drug-likeness (QED) is 0.883. The molecule has 3 atom stereocenters. The van der Waals surface area contributed by atoms with Gasteiger partial charge in [0.2, 0.25) is 0 Å². The van der Waals surface area contributed by atoms with Gasteiger partial charge in [-0.2, -0.15) is 0 Å². The third kappa shape index (κ3) is 2.41. The SMILES string of the molecule is Cc1cc(F)ccc1C(N)C1CC1c1ccccc1. The first-order valence-corrected chi connectivity index (χ1v) is 6.73. The molecular weight excluding hydrogens is 237 g/mol. The number of halogens is 1. The second kappa shape index (κ2) is 4.78. The van der Waals surface area contributed by atoms with Crippen LogP contribution in [0.5, 0.6) is 0 Å². The van der Waals surface area contributed by atoms with E-state index < -0.39 is 0 Å². The molecule has 1 aliphatic rings. The van der Waals surface area contributed by atoms with Gasteiger partial charge in [-0.25, -0.2) is 4.39 Å². The van der Waals surface area contributed by atoms with Gasteiger partial charge in [0.15, 0.2) is 0 Å². The summed E-state index contributed by atoms with van der Waals surface area (Å²) >= 11 is 0. The van der Waals surface area contributed by atoms with Crippen molar-refractivity contribution >= 4 is 0 Å². The van der Waals surface area contributed by atoms with Crippen LogP contribution in [0.1, 0.15) is 35.1 Å². The third-order valence-electron chi connectivity index (χ3n) is 4.12. The molecule has 0 bridgehead atoms. The fraction of sp³-hybridized carbons (Fsp3) is 0.294. The van der Waals surface area contributed by atoms with Gasteiger partial charge in [0.25, 0.3) is 0 Å². The van der Waals surface area contributed by atoms with E-state index in [0.717, 1.165) is 17.5 Å². The van der Waals surface area contributed by atoms with Crippen LogP contribution in [0.4, 0.5) is 4.39 Å². The Kier molecular flexibility index (Phi) is 3.11. The smallest absolute Gasteiger partial charge is 0.123 e. The van der Waals surface area contributed by atoms with Crippen LogP contribution in [0.15, 0.2) is 48.5 Å². The van der Waals surface area contributed by atoms with Crippen LogP contribution in [-0.4, -0.2) is 0 Å². The highest BCUT2D eigenvalue weighted by Gasteiger charge is 2.43. The summed E-state index contributed by atoms with van der Waals surface area (Å²) in [5, 5.41) is 0. The number of rotatable bonds is 3. The zero-order valence-electron chi connectivity index (χ0n) is 11.0. The van der Waals surface area contributed by atoms with Crippen LogP contribution in [0.25, 0.3) is 0 Å². The van der Waals surface area contributed by atoms with Gasteiger partial charge < -0.3 is 5.73 Å². The minimum absolute atomic E-state index is 0.00538. The van der Waals surface area contributed by atoms with Crippen LogP contribution in [0, 0.1) is 18.7 Å². The van der Waals surface area contributed by atoms with E-state index in [9.17, 15) is 4.39 Å². The first kappa shape index (κ1) is 12.4. The van der Waals surface area contributed by atoms with E-state index in [1.807, 2.05) is 19.1 Å². The molecule has 3 unspecified atom stereocenters. The molecule has 0 saturated heterocycles. The summed E-state index contributed by atoms with van der Waals surface area (Å²) in [5.74, 6) is 0.844. The molecule has 19 heavy (non-hydrogen) atoms. The molecule has 1 aliphatic carbocycles. The molecule has 2 aromatic rings. The maximum absolute atomic E-state index is 13.1. The van der Waals surface area contributed by atoms with E-state index in [4.69, 9.17) is 5.73 Å². The van der Waals surface area contributed by atoms with E-state index >= 15 is 0 Å². The summed E-state index contributed by atoms with van der Waals surface area (Å²) in [6, 6.07) is 15.4. The molecule has 0 heterocycles. The molecule has 2 heteroatoms. The van der Waals surface area contributed by atoms with Crippen molar-refractivity contribution in [3.05, 3.63) is 71.0 Å². The molecule has 2 aromatic carbocycles. The summed E-state index contributed by atoms with van der Waals surface area (Å²) in [4.78, 5) is 0. The van der Waals surface area contributed by atoms with Crippen molar-refractivity contribution in [1.82, 2.24) is 0 Å². The van der Waals surface area contributed by atoms with E-state index in [1.54, 1.807) is 6.07 Å². The number of aryl methyl sites for hydroxylation is 1. The third-order valence-corrected chi connectivity index (χ3v) is 4.12. The molecule has 0 amide bonds. The maximum atomic E-state index is 13.1. The largest absolute Gasteiger partial charge is 0.324 e. The summed E-state index contributed by atoms with van der Waals surface area (Å²) in [7, 11) is 0. The molecule has 3 rings (SSSR count). The zero-order valence-corrected chi connectivity index (χ0v) is 11.0. The van der Waals surface area contributed by atoms with Crippen molar-refractivity contribution in [3.8, 4) is 0 Å². The van der Waals surface area contributed by atoms with Crippen molar-refractivity contribution in [2.24, 2.45) is 11.7 Å². The Morgan fingerprint density at radius 3 is 2.58 bits per heavy atom. The number of benzene rings is 2. The molecule has 1 fully saturated rings. The fourth-order valence-electron chi connectivity index (χ4n) is 2.94. The van der Waals surface area contributed by atoms with E-state index in [-0.39, 0.29) is 11.9 Å². The van der Waals surface area contributed by atoms with Gasteiger partial charge in [0.05, 0.1) is 0 Å². The van der Waals surface area contributed by atoms with Crippen molar-refractivity contribution < 1.29 is 4.39 Å². The Morgan fingerprint density at radius 1 is 1.16 bits per heavy atom. The highest BCUT2D eigenvalue weighted by atomic mass is 19.1. The molecule has 0 aromatic heterocycles. The van der Waals surface area contributed by atoms with Crippen LogP contribution in [-0.2, 0) is 0 Å². The second-order valence-electron chi connectivity index (χ2n) is 5.44. The van der Waals surface area contributed by atoms with Crippen molar-refractivity contribution in [2.45, 2.75) is 25.3 Å². The number of nitrogens with two attached hydrogens (primary N) is 1. The lowest BCUT2D eigenvalue weighted by Gasteiger charge is -2.15. The van der Waals surface area contributed by atoms with Crippen molar-refractivity contribution in [2.75, 3.05) is 0 Å². The standard InChI is InChI=1S/C17H18FN/c1-11-9-13(18)7-8-14(11)17(19)16-10-15(16)12-5-3-2-4-6-12/h2-9,15-17H,10,19H2,1H3. The van der Waals surface area contributed by atoms with Gasteiger partial charge in [-0.05, 0) is 54.0 Å². The summed E-state index contributed by atoms with van der Waals surface area (Å²) in [6.07, 6.45) is 1.13. The van der Waals surface area contributed by atoms with Gasteiger partial charge in [-0.3, -0.25) is 0 Å². The summed E-state index contributed by atoms with van der Waals surface area (Å²) in [5.41, 5.74) is 9.74. The monoisotopic (exact) mass is 255 g/mol. The normalized spacial score (nSPS) is 23.1. The molecule has 0 aliphatic heterocycles. The topological polar surface area (TPSA) is 26.0 Å². The lowest BCUT2D eigenvalue weighted by Crippen LogP contribution is -2.15. The average Bonchev–Trinajstić information content (AvgIpc) is 3.19. The van der Waals surface area contributed by atoms with Crippen LogP contribution in [0.2, 0.25) is 0 Å². The minimum Gasteiger partial charge on any atom is -0.324 e. The predicted octanol–water partition coefficient (Wildman–Crippen LogP) is 3.94. The molecular formula is C17H18FN. The van der Waals surface area contributed by atoms with Crippen molar-refractivity contribution in [1.29, 1.82) is 0 Å². The number of hydrogen-bond donors (Lipinski definition) is 1. The van der Waals surface area contributed by atoms with E-state index in [2.05, 4.69) is 24.3 Å². The van der Waals surface area contributed by atoms with Gasteiger partial charge in [-0.1, -0.05) is 36.4 Å². The highest BCUT2D eigenvalue weighted by molar-refractivity contribution is 5.34. The zero-order chi connectivity index (χ0) is 13.4. The van der Waals surface area contributed by atoms with E-state index in [0.29, 0.717) is 11.8 Å². The lowest BCUT2D eigenvalue weighted by atomic mass is 9.96. The Bertz CT molecular complexity index is 579. The molecule has 1 saturated carbocycles. The summed E-state index contributed by atoms with van der Waals surface area (Å²) < 4.78 is 13.1. The van der Waals surface area contributed by atoms with Crippen molar-refractivity contribution in [3.63, 3.8) is 0 Å². The highest BCUT2D eigenvalue weighted by Crippen LogP contribution is 2.53. The maximum Gasteiger partial charge on any atom is 0.123 e. The van der Waals surface area contributed by atoms with Gasteiger partial charge in [0, 0.05) is 6.04 Å². The Morgan fingerprint density at radius 2 is 1.89 bits per heavy atom. The molecule has 2 N–H and O–H groups in total. The van der Waals surface area contributed by atoms with Crippen LogP contribution >= 0.6 is 0 Å². The Balaban J connectivity index is 1.78. The average molecular weight is 255 g/mol. The fourth-order valence-corrected chi connectivity index (χ4v) is 2.94. The van der Waals surface area contributed by atoms with Crippen LogP contribution in [0.3, 0.4) is 0 Å². The lowest BCUT2D eigenvalue weighted by molar-refractivity contribution is 0.600. The van der Waals surface area contributed by atoms with E-state index in [1.165, 1.54) is 11.6 Å². The number of hydrogen-bond acceptors (Lipinski definition) is 1. The second-order valence-corrected chi connectivity index (χ2v) is 5.44. The molecule has 98 valence electrons. The minimum atomic E-state index is -0.191. The summed E-state index contributed by atoms with van der Waals surface area (Å²) in [6.45, 7) is 1.93. The van der Waals surface area contributed by atoms with Gasteiger partial charge in [0.1, 0.15) is 5.82 Å². The van der Waals surface area contributed by atoms with Gasteiger partial charge in [-0.15, -0.1) is 0 Å². The molecule has 1 nitrogen and oxygen atoms in total.